The molecule has 3 rings (SSSR count). The second-order valence-electron chi connectivity index (χ2n) is 7.02. The minimum atomic E-state index is -3.36. The lowest BCUT2D eigenvalue weighted by molar-refractivity contribution is 0.477. The first kappa shape index (κ1) is 23.6. The molecule has 0 unspecified atom stereocenters. The Bertz CT molecular complexity index is 924. The Kier molecular flexibility index (Phi) is 8.91. The minimum absolute atomic E-state index is 0. The van der Waals surface area contributed by atoms with Gasteiger partial charge in [-0.3, -0.25) is 4.99 Å². The molecule has 1 saturated heterocycles. The normalized spacial score (nSPS) is 15.0. The van der Waals surface area contributed by atoms with Gasteiger partial charge in [0.1, 0.15) is 0 Å². The molecule has 2 aromatic rings. The first-order chi connectivity index (χ1) is 13.5. The number of hydrogen-bond acceptors (Lipinski definition) is 3. The topological polar surface area (TPSA) is 73.8 Å². The number of aryl methyl sites for hydroxylation is 1. The van der Waals surface area contributed by atoms with Crippen LogP contribution in [0.1, 0.15) is 29.5 Å². The van der Waals surface area contributed by atoms with Gasteiger partial charge in [-0.05, 0) is 43.0 Å². The average molecular weight is 528 g/mol. The molecule has 29 heavy (non-hydrogen) atoms. The second-order valence-corrected chi connectivity index (χ2v) is 8.96. The van der Waals surface area contributed by atoms with E-state index in [1.54, 1.807) is 23.5 Å². The van der Waals surface area contributed by atoms with Gasteiger partial charge < -0.3 is 10.6 Å². The molecule has 0 amide bonds. The molecule has 2 aromatic carbocycles. The molecule has 0 aromatic heterocycles. The van der Waals surface area contributed by atoms with Crippen molar-refractivity contribution in [1.29, 1.82) is 0 Å². The number of guanidine groups is 1. The van der Waals surface area contributed by atoms with E-state index in [0.29, 0.717) is 37.0 Å². The second kappa shape index (κ2) is 10.9. The summed E-state index contributed by atoms with van der Waals surface area (Å²) in [5.41, 5.74) is 3.42. The Morgan fingerprint density at radius 2 is 1.62 bits per heavy atom. The molecule has 0 atom stereocenters. The Hall–Kier alpha value is -1.65. The standard InChI is InChI=1S/C21H28N4O2S.HI/c1-17-6-5-7-19(14-17)16-24-21(22-2)23-15-18-8-10-20(11-9-18)28(26,27)25-12-3-4-13-25;/h5-11,14H,3-4,12-13,15-16H2,1-2H3,(H2,22,23,24);1H. The molecule has 1 aliphatic heterocycles. The maximum Gasteiger partial charge on any atom is 0.243 e. The van der Waals surface area contributed by atoms with E-state index in [1.165, 1.54) is 11.1 Å². The Labute approximate surface area is 190 Å². The average Bonchev–Trinajstić information content (AvgIpc) is 3.24. The van der Waals surface area contributed by atoms with Gasteiger partial charge in [0.25, 0.3) is 0 Å². The first-order valence-electron chi connectivity index (χ1n) is 9.58. The summed E-state index contributed by atoms with van der Waals surface area (Å²) in [4.78, 5) is 4.60. The number of nitrogens with one attached hydrogen (secondary N) is 2. The zero-order valence-corrected chi connectivity index (χ0v) is 20.0. The van der Waals surface area contributed by atoms with E-state index >= 15 is 0 Å². The largest absolute Gasteiger partial charge is 0.352 e. The van der Waals surface area contributed by atoms with Gasteiger partial charge in [-0.25, -0.2) is 8.42 Å². The number of nitrogens with zero attached hydrogens (tertiary/aromatic N) is 2. The third kappa shape index (κ3) is 6.42. The molecule has 6 nitrogen and oxygen atoms in total. The summed E-state index contributed by atoms with van der Waals surface area (Å²) >= 11 is 0. The van der Waals surface area contributed by atoms with Crippen LogP contribution in [0, 0.1) is 6.92 Å². The van der Waals surface area contributed by atoms with Crippen molar-refractivity contribution < 1.29 is 8.42 Å². The van der Waals surface area contributed by atoms with Gasteiger partial charge in [0.15, 0.2) is 5.96 Å². The number of aliphatic imine (C=N–C) groups is 1. The number of sulfonamides is 1. The van der Waals surface area contributed by atoms with Gasteiger partial charge >= 0.3 is 0 Å². The molecule has 1 aliphatic rings. The van der Waals surface area contributed by atoms with Crippen LogP contribution in [0.5, 0.6) is 0 Å². The van der Waals surface area contributed by atoms with E-state index in [4.69, 9.17) is 0 Å². The van der Waals surface area contributed by atoms with Crippen LogP contribution in [0.15, 0.2) is 58.4 Å². The van der Waals surface area contributed by atoms with Crippen molar-refractivity contribution in [2.75, 3.05) is 20.1 Å². The summed E-state index contributed by atoms with van der Waals surface area (Å²) in [7, 11) is -1.62. The number of benzene rings is 2. The smallest absolute Gasteiger partial charge is 0.243 e. The molecule has 1 heterocycles. The highest BCUT2D eigenvalue weighted by Crippen LogP contribution is 2.21. The van der Waals surface area contributed by atoms with Gasteiger partial charge in [-0.1, -0.05) is 42.0 Å². The van der Waals surface area contributed by atoms with Crippen molar-refractivity contribution in [1.82, 2.24) is 14.9 Å². The Balaban J connectivity index is 0.00000300. The summed E-state index contributed by atoms with van der Waals surface area (Å²) < 4.78 is 26.7. The fraction of sp³-hybridized carbons (Fsp3) is 0.381. The number of hydrogen-bond donors (Lipinski definition) is 2. The SMILES string of the molecule is CN=C(NCc1ccc(S(=O)(=O)N2CCCC2)cc1)NCc1cccc(C)c1.I. The molecular weight excluding hydrogens is 499 g/mol. The summed E-state index contributed by atoms with van der Waals surface area (Å²) in [6, 6.07) is 15.4. The van der Waals surface area contributed by atoms with E-state index in [-0.39, 0.29) is 24.0 Å². The zero-order chi connectivity index (χ0) is 20.0. The minimum Gasteiger partial charge on any atom is -0.352 e. The molecule has 0 saturated carbocycles. The van der Waals surface area contributed by atoms with Crippen molar-refractivity contribution >= 4 is 40.0 Å². The molecule has 1 fully saturated rings. The quantitative estimate of drug-likeness (QED) is 0.343. The fourth-order valence-electron chi connectivity index (χ4n) is 3.27. The van der Waals surface area contributed by atoms with Crippen LogP contribution in [-0.2, 0) is 23.1 Å². The predicted octanol–water partition coefficient (Wildman–Crippen LogP) is 3.26. The number of rotatable bonds is 6. The Morgan fingerprint density at radius 3 is 2.21 bits per heavy atom. The van der Waals surface area contributed by atoms with Crippen LogP contribution >= 0.6 is 24.0 Å². The van der Waals surface area contributed by atoms with Crippen molar-refractivity contribution in [2.45, 2.75) is 37.8 Å². The highest BCUT2D eigenvalue weighted by Gasteiger charge is 2.26. The monoisotopic (exact) mass is 528 g/mol. The highest BCUT2D eigenvalue weighted by atomic mass is 127. The molecule has 0 radical (unpaired) electrons. The van der Waals surface area contributed by atoms with Gasteiger partial charge in [-0.15, -0.1) is 24.0 Å². The molecule has 0 spiro atoms. The predicted molar refractivity (Wildman–Crippen MR) is 128 cm³/mol. The molecule has 2 N–H and O–H groups in total. The van der Waals surface area contributed by atoms with Crippen molar-refractivity contribution in [2.24, 2.45) is 4.99 Å². The van der Waals surface area contributed by atoms with E-state index in [2.05, 4.69) is 40.7 Å². The summed E-state index contributed by atoms with van der Waals surface area (Å²) in [5, 5.41) is 6.56. The van der Waals surface area contributed by atoms with Crippen LogP contribution < -0.4 is 10.6 Å². The highest BCUT2D eigenvalue weighted by molar-refractivity contribution is 14.0. The van der Waals surface area contributed by atoms with Crippen molar-refractivity contribution in [3.05, 3.63) is 65.2 Å². The van der Waals surface area contributed by atoms with E-state index in [9.17, 15) is 8.42 Å². The van der Waals surface area contributed by atoms with E-state index in [1.807, 2.05) is 18.2 Å². The van der Waals surface area contributed by atoms with Gasteiger partial charge in [-0.2, -0.15) is 4.31 Å². The van der Waals surface area contributed by atoms with E-state index in [0.717, 1.165) is 18.4 Å². The fourth-order valence-corrected chi connectivity index (χ4v) is 4.79. The first-order valence-corrected chi connectivity index (χ1v) is 11.0. The Morgan fingerprint density at radius 1 is 1.00 bits per heavy atom. The summed E-state index contributed by atoms with van der Waals surface area (Å²) in [6.45, 7) is 4.57. The third-order valence-electron chi connectivity index (χ3n) is 4.85. The van der Waals surface area contributed by atoms with Gasteiger partial charge in [0.05, 0.1) is 4.90 Å². The lowest BCUT2D eigenvalue weighted by atomic mass is 10.1. The van der Waals surface area contributed by atoms with Gasteiger partial charge in [0, 0.05) is 33.2 Å². The lowest BCUT2D eigenvalue weighted by Gasteiger charge is -2.16. The van der Waals surface area contributed by atoms with E-state index < -0.39 is 10.0 Å². The summed E-state index contributed by atoms with van der Waals surface area (Å²) in [6.07, 6.45) is 1.88. The molecular formula is C21H29IN4O2S. The van der Waals surface area contributed by atoms with Crippen LogP contribution in [0.2, 0.25) is 0 Å². The molecule has 8 heteroatoms. The zero-order valence-electron chi connectivity index (χ0n) is 16.9. The third-order valence-corrected chi connectivity index (χ3v) is 6.77. The molecule has 0 aliphatic carbocycles. The van der Waals surface area contributed by atoms with Crippen molar-refractivity contribution in [3.8, 4) is 0 Å². The summed E-state index contributed by atoms with van der Waals surface area (Å²) in [5.74, 6) is 0.704. The van der Waals surface area contributed by atoms with Crippen molar-refractivity contribution in [3.63, 3.8) is 0 Å². The van der Waals surface area contributed by atoms with Crippen LogP contribution in [-0.4, -0.2) is 38.8 Å². The van der Waals surface area contributed by atoms with Crippen LogP contribution in [0.3, 0.4) is 0 Å². The van der Waals surface area contributed by atoms with Gasteiger partial charge in [0.2, 0.25) is 10.0 Å². The van der Waals surface area contributed by atoms with Crippen LogP contribution in [0.4, 0.5) is 0 Å². The molecule has 0 bridgehead atoms. The maximum absolute atomic E-state index is 12.6. The maximum atomic E-state index is 12.6. The van der Waals surface area contributed by atoms with Crippen LogP contribution in [0.25, 0.3) is 0 Å². The number of halogens is 1. The molecule has 158 valence electrons. The lowest BCUT2D eigenvalue weighted by Crippen LogP contribution is -2.36.